The van der Waals surface area contributed by atoms with Crippen LogP contribution in [0.5, 0.6) is 0 Å². The largest absolute Gasteiger partial charge is 0.354 e. The Morgan fingerprint density at radius 1 is 1.32 bits per heavy atom. The average Bonchev–Trinajstić information content (AvgIpc) is 3.06. The number of pyridine rings is 1. The second kappa shape index (κ2) is 9.68. The smallest absolute Gasteiger partial charge is 0.243 e. The van der Waals surface area contributed by atoms with Crippen molar-refractivity contribution < 1.29 is 9.18 Å². The lowest BCUT2D eigenvalue weighted by atomic mass is 10.2. The van der Waals surface area contributed by atoms with Gasteiger partial charge in [0, 0.05) is 18.5 Å². The number of benzene rings is 1. The van der Waals surface area contributed by atoms with Gasteiger partial charge in [-0.3, -0.25) is 9.78 Å². The van der Waals surface area contributed by atoms with Crippen molar-refractivity contribution in [3.8, 4) is 0 Å². The van der Waals surface area contributed by atoms with Gasteiger partial charge in [0.15, 0.2) is 5.16 Å². The maximum absolute atomic E-state index is 13.5. The number of nitrogens with one attached hydrogen (secondary N) is 1. The van der Waals surface area contributed by atoms with E-state index in [4.69, 9.17) is 4.98 Å². The molecular formula is C21H25FN4OS. The molecule has 3 rings (SSSR count). The van der Waals surface area contributed by atoms with Crippen LogP contribution < -0.4 is 5.32 Å². The van der Waals surface area contributed by atoms with E-state index in [1.165, 1.54) is 23.9 Å². The number of amides is 1. The van der Waals surface area contributed by atoms with Gasteiger partial charge in [-0.25, -0.2) is 9.37 Å². The van der Waals surface area contributed by atoms with Crippen molar-refractivity contribution >= 4 is 28.7 Å². The average molecular weight is 401 g/mol. The Bertz CT molecular complexity index is 943. The number of aromatic nitrogens is 3. The van der Waals surface area contributed by atoms with Crippen LogP contribution in [-0.2, 0) is 10.5 Å². The number of nitrogens with zero attached hydrogens (tertiary/aromatic N) is 3. The zero-order valence-corrected chi connectivity index (χ0v) is 17.0. The molecule has 0 bridgehead atoms. The van der Waals surface area contributed by atoms with Gasteiger partial charge >= 0.3 is 0 Å². The van der Waals surface area contributed by atoms with Gasteiger partial charge in [0.1, 0.15) is 11.9 Å². The highest BCUT2D eigenvalue weighted by molar-refractivity contribution is 7.98. The summed E-state index contributed by atoms with van der Waals surface area (Å²) in [7, 11) is 0. The van der Waals surface area contributed by atoms with Crippen LogP contribution in [0.4, 0.5) is 4.39 Å². The van der Waals surface area contributed by atoms with E-state index >= 15 is 0 Å². The molecule has 2 aromatic heterocycles. The lowest BCUT2D eigenvalue weighted by Gasteiger charge is -2.19. The van der Waals surface area contributed by atoms with Crippen LogP contribution in [0, 0.1) is 5.82 Å². The first-order valence-corrected chi connectivity index (χ1v) is 10.6. The van der Waals surface area contributed by atoms with E-state index in [1.807, 2.05) is 23.6 Å². The van der Waals surface area contributed by atoms with E-state index in [-0.39, 0.29) is 17.8 Å². The van der Waals surface area contributed by atoms with Gasteiger partial charge in [-0.15, -0.1) is 0 Å². The van der Waals surface area contributed by atoms with Crippen molar-refractivity contribution in [2.24, 2.45) is 0 Å². The predicted molar refractivity (Wildman–Crippen MR) is 111 cm³/mol. The number of halogens is 1. The molecule has 1 amide bonds. The Kier molecular flexibility index (Phi) is 7.03. The normalized spacial score (nSPS) is 12.2. The monoisotopic (exact) mass is 400 g/mol. The SMILES string of the molecule is CCCCNC(=O)[C@@H](CC)n1c(SCc2cccc(F)c2)nc2ccncc21. The summed E-state index contributed by atoms with van der Waals surface area (Å²) in [6, 6.07) is 8.04. The second-order valence-corrected chi connectivity index (χ2v) is 7.56. The molecule has 5 nitrogen and oxygen atoms in total. The van der Waals surface area contributed by atoms with E-state index in [1.54, 1.807) is 18.5 Å². The number of fused-ring (bicyclic) bond motifs is 1. The third kappa shape index (κ3) is 4.70. The molecule has 7 heteroatoms. The van der Waals surface area contributed by atoms with Crippen molar-refractivity contribution in [1.82, 2.24) is 19.9 Å². The van der Waals surface area contributed by atoms with E-state index in [2.05, 4.69) is 17.2 Å². The maximum Gasteiger partial charge on any atom is 0.243 e. The standard InChI is InChI=1S/C21H25FN4OS/c1-3-5-10-24-20(27)18(4-2)26-19-13-23-11-9-17(19)25-21(26)28-14-15-7-6-8-16(22)12-15/h6-9,11-13,18H,3-5,10,14H2,1-2H3,(H,24,27)/t18-/m1/s1. The highest BCUT2D eigenvalue weighted by atomic mass is 32.2. The quantitative estimate of drug-likeness (QED) is 0.417. The fourth-order valence-corrected chi connectivity index (χ4v) is 4.09. The zero-order valence-electron chi connectivity index (χ0n) is 16.2. The molecule has 0 aliphatic carbocycles. The minimum Gasteiger partial charge on any atom is -0.354 e. The van der Waals surface area contributed by atoms with Gasteiger partial charge in [-0.1, -0.05) is 44.2 Å². The Morgan fingerprint density at radius 2 is 2.18 bits per heavy atom. The number of hydrogen-bond donors (Lipinski definition) is 1. The Balaban J connectivity index is 1.90. The molecule has 1 N–H and O–H groups in total. The van der Waals surface area contributed by atoms with E-state index in [9.17, 15) is 9.18 Å². The highest BCUT2D eigenvalue weighted by Crippen LogP contribution is 2.31. The van der Waals surface area contributed by atoms with E-state index in [0.29, 0.717) is 18.7 Å². The van der Waals surface area contributed by atoms with Crippen LogP contribution in [0.2, 0.25) is 0 Å². The number of thioether (sulfide) groups is 1. The lowest BCUT2D eigenvalue weighted by molar-refractivity contribution is -0.124. The molecule has 0 radical (unpaired) electrons. The summed E-state index contributed by atoms with van der Waals surface area (Å²) in [5.74, 6) is 0.312. The van der Waals surface area contributed by atoms with Crippen molar-refractivity contribution in [2.45, 2.75) is 50.1 Å². The van der Waals surface area contributed by atoms with Crippen LogP contribution in [0.1, 0.15) is 44.7 Å². The number of rotatable bonds is 9. The summed E-state index contributed by atoms with van der Waals surface area (Å²) in [4.78, 5) is 21.8. The van der Waals surface area contributed by atoms with Crippen LogP contribution in [-0.4, -0.2) is 27.0 Å². The minimum atomic E-state index is -0.360. The number of carbonyl (C=O) groups is 1. The molecule has 0 fully saturated rings. The summed E-state index contributed by atoms with van der Waals surface area (Å²) >= 11 is 1.50. The third-order valence-electron chi connectivity index (χ3n) is 4.55. The van der Waals surface area contributed by atoms with Gasteiger partial charge in [-0.05, 0) is 36.6 Å². The molecular weight excluding hydrogens is 375 g/mol. The molecule has 1 aromatic carbocycles. The first-order chi connectivity index (χ1) is 13.6. The van der Waals surface area contributed by atoms with Gasteiger partial charge in [0.05, 0.1) is 17.2 Å². The first-order valence-electron chi connectivity index (χ1n) is 9.61. The fraction of sp³-hybridized carbons (Fsp3) is 0.381. The number of carbonyl (C=O) groups excluding carboxylic acids is 1. The van der Waals surface area contributed by atoms with Gasteiger partial charge in [-0.2, -0.15) is 0 Å². The zero-order chi connectivity index (χ0) is 19.9. The molecule has 148 valence electrons. The fourth-order valence-electron chi connectivity index (χ4n) is 3.09. The van der Waals surface area contributed by atoms with Gasteiger partial charge in [0.2, 0.25) is 5.91 Å². The molecule has 0 saturated heterocycles. The van der Waals surface area contributed by atoms with E-state index < -0.39 is 0 Å². The first kappa shape index (κ1) is 20.3. The van der Waals surface area contributed by atoms with Crippen molar-refractivity contribution in [1.29, 1.82) is 0 Å². The molecule has 2 heterocycles. The molecule has 0 saturated carbocycles. The van der Waals surface area contributed by atoms with Gasteiger partial charge in [0.25, 0.3) is 0 Å². The summed E-state index contributed by atoms with van der Waals surface area (Å²) in [6.07, 6.45) is 6.07. The predicted octanol–water partition coefficient (Wildman–Crippen LogP) is 4.73. The summed E-state index contributed by atoms with van der Waals surface area (Å²) in [6.45, 7) is 4.76. The van der Waals surface area contributed by atoms with Crippen LogP contribution in [0.3, 0.4) is 0 Å². The van der Waals surface area contributed by atoms with Gasteiger partial charge < -0.3 is 9.88 Å². The molecule has 0 unspecified atom stereocenters. The second-order valence-electron chi connectivity index (χ2n) is 6.62. The Morgan fingerprint density at radius 3 is 2.93 bits per heavy atom. The molecule has 1 atom stereocenters. The van der Waals surface area contributed by atoms with Crippen LogP contribution in [0.25, 0.3) is 11.0 Å². The summed E-state index contributed by atoms with van der Waals surface area (Å²) < 4.78 is 15.5. The molecule has 28 heavy (non-hydrogen) atoms. The van der Waals surface area contributed by atoms with Crippen LogP contribution >= 0.6 is 11.8 Å². The van der Waals surface area contributed by atoms with Crippen molar-refractivity contribution in [3.05, 3.63) is 54.1 Å². The molecule has 0 aliphatic heterocycles. The number of unbranched alkanes of at least 4 members (excludes halogenated alkanes) is 1. The summed E-state index contributed by atoms with van der Waals surface area (Å²) in [5.41, 5.74) is 2.51. The highest BCUT2D eigenvalue weighted by Gasteiger charge is 2.24. The maximum atomic E-state index is 13.5. The summed E-state index contributed by atoms with van der Waals surface area (Å²) in [5, 5.41) is 3.77. The van der Waals surface area contributed by atoms with Crippen LogP contribution in [0.15, 0.2) is 47.9 Å². The molecule has 0 spiro atoms. The third-order valence-corrected chi connectivity index (χ3v) is 5.57. The molecule has 3 aromatic rings. The van der Waals surface area contributed by atoms with E-state index in [0.717, 1.165) is 34.6 Å². The molecule has 0 aliphatic rings. The van der Waals surface area contributed by atoms with Crippen molar-refractivity contribution in [3.63, 3.8) is 0 Å². The lowest BCUT2D eigenvalue weighted by Crippen LogP contribution is -2.33. The number of imidazole rings is 1. The van der Waals surface area contributed by atoms with Crippen molar-refractivity contribution in [2.75, 3.05) is 6.54 Å². The number of hydrogen-bond acceptors (Lipinski definition) is 4. The Hall–Kier alpha value is -2.41. The minimum absolute atomic E-state index is 0.00768. The topological polar surface area (TPSA) is 59.8 Å². The Labute approximate surface area is 168 Å².